The number of hydrogen-bond donors (Lipinski definition) is 1. The Morgan fingerprint density at radius 3 is 2.84 bits per heavy atom. The fourth-order valence-corrected chi connectivity index (χ4v) is 2.90. The molecule has 1 unspecified atom stereocenters. The van der Waals surface area contributed by atoms with Gasteiger partial charge in [-0.1, -0.05) is 0 Å². The highest BCUT2D eigenvalue weighted by Crippen LogP contribution is 2.17. The molecule has 2 heterocycles. The van der Waals surface area contributed by atoms with E-state index in [-0.39, 0.29) is 12.4 Å². The van der Waals surface area contributed by atoms with Gasteiger partial charge in [0.05, 0.1) is 6.54 Å². The van der Waals surface area contributed by atoms with E-state index in [1.54, 1.807) is 0 Å². The van der Waals surface area contributed by atoms with Gasteiger partial charge in [0.25, 0.3) is 0 Å². The Hall–Kier alpha value is -0.650. The molecule has 1 aliphatic heterocycles. The van der Waals surface area contributed by atoms with Gasteiger partial charge in [-0.05, 0) is 52.7 Å². The van der Waals surface area contributed by atoms with Crippen molar-refractivity contribution in [1.82, 2.24) is 25.0 Å². The van der Waals surface area contributed by atoms with Gasteiger partial charge in [0, 0.05) is 13.1 Å². The van der Waals surface area contributed by atoms with Crippen LogP contribution in [-0.2, 0) is 13.1 Å². The van der Waals surface area contributed by atoms with Gasteiger partial charge in [0.2, 0.25) is 0 Å². The van der Waals surface area contributed by atoms with E-state index in [4.69, 9.17) is 0 Å². The van der Waals surface area contributed by atoms with Crippen LogP contribution in [0.1, 0.15) is 31.4 Å². The van der Waals surface area contributed by atoms with E-state index in [9.17, 15) is 0 Å². The molecule has 1 aromatic heterocycles. The van der Waals surface area contributed by atoms with Crippen LogP contribution >= 0.6 is 12.4 Å². The van der Waals surface area contributed by atoms with Crippen LogP contribution in [0, 0.1) is 12.8 Å². The highest BCUT2D eigenvalue weighted by Gasteiger charge is 2.21. The topological polar surface area (TPSA) is 46.0 Å². The zero-order chi connectivity index (χ0) is 13.0. The number of nitrogens with one attached hydrogen (secondary N) is 1. The third kappa shape index (κ3) is 4.16. The highest BCUT2D eigenvalue weighted by molar-refractivity contribution is 5.85. The smallest absolute Gasteiger partial charge is 0.147 e. The van der Waals surface area contributed by atoms with Crippen LogP contribution in [0.25, 0.3) is 0 Å². The molecule has 0 aromatic carbocycles. The number of rotatable bonds is 5. The van der Waals surface area contributed by atoms with Crippen LogP contribution in [0.5, 0.6) is 0 Å². The number of nitrogens with zero attached hydrogens (tertiary/aromatic N) is 4. The molecule has 2 rings (SSSR count). The number of halogens is 1. The SMILES string of the molecule is CCn1c(C)nnc1CN1CCCC(CNC)C1.Cl. The molecule has 110 valence electrons. The first kappa shape index (κ1) is 16.4. The molecule has 1 saturated heterocycles. The summed E-state index contributed by atoms with van der Waals surface area (Å²) in [6.07, 6.45) is 2.64. The lowest BCUT2D eigenvalue weighted by atomic mass is 9.98. The van der Waals surface area contributed by atoms with E-state index in [1.807, 2.05) is 14.0 Å². The van der Waals surface area contributed by atoms with Crippen LogP contribution in [0.4, 0.5) is 0 Å². The van der Waals surface area contributed by atoms with Crippen molar-refractivity contribution >= 4 is 12.4 Å². The Kier molecular flexibility index (Phi) is 6.75. The number of hydrogen-bond acceptors (Lipinski definition) is 4. The summed E-state index contributed by atoms with van der Waals surface area (Å²) in [7, 11) is 2.04. The number of piperidine rings is 1. The zero-order valence-electron chi connectivity index (χ0n) is 12.2. The Balaban J connectivity index is 0.00000180. The summed E-state index contributed by atoms with van der Waals surface area (Å²) in [4.78, 5) is 2.51. The van der Waals surface area contributed by atoms with Gasteiger partial charge >= 0.3 is 0 Å². The minimum atomic E-state index is 0. The zero-order valence-corrected chi connectivity index (χ0v) is 13.0. The summed E-state index contributed by atoms with van der Waals surface area (Å²) in [5.41, 5.74) is 0. The lowest BCUT2D eigenvalue weighted by molar-refractivity contribution is 0.161. The molecule has 0 amide bonds. The Morgan fingerprint density at radius 1 is 1.37 bits per heavy atom. The van der Waals surface area contributed by atoms with Gasteiger partial charge in [0.1, 0.15) is 11.6 Å². The number of aromatic nitrogens is 3. The fraction of sp³-hybridized carbons (Fsp3) is 0.846. The summed E-state index contributed by atoms with van der Waals surface area (Å²) < 4.78 is 2.21. The Labute approximate surface area is 122 Å². The van der Waals surface area contributed by atoms with Crippen LogP contribution in [0.15, 0.2) is 0 Å². The van der Waals surface area contributed by atoms with Crippen LogP contribution in [0.3, 0.4) is 0 Å². The molecule has 19 heavy (non-hydrogen) atoms. The van der Waals surface area contributed by atoms with E-state index in [2.05, 4.69) is 31.9 Å². The van der Waals surface area contributed by atoms with Crippen molar-refractivity contribution in [3.63, 3.8) is 0 Å². The predicted octanol–water partition coefficient (Wildman–Crippen LogP) is 1.46. The second-order valence-corrected chi connectivity index (χ2v) is 5.21. The summed E-state index contributed by atoms with van der Waals surface area (Å²) in [6, 6.07) is 0. The van der Waals surface area contributed by atoms with Gasteiger partial charge in [-0.25, -0.2) is 0 Å². The quantitative estimate of drug-likeness (QED) is 0.891. The first-order chi connectivity index (χ1) is 8.74. The highest BCUT2D eigenvalue weighted by atomic mass is 35.5. The van der Waals surface area contributed by atoms with Crippen molar-refractivity contribution in [2.24, 2.45) is 5.92 Å². The molecule has 1 N–H and O–H groups in total. The van der Waals surface area contributed by atoms with Crippen molar-refractivity contribution in [3.05, 3.63) is 11.6 Å². The molecular weight excluding hydrogens is 262 g/mol. The van der Waals surface area contributed by atoms with E-state index in [1.165, 1.54) is 25.9 Å². The first-order valence-electron chi connectivity index (χ1n) is 7.00. The van der Waals surface area contributed by atoms with Gasteiger partial charge in [0.15, 0.2) is 0 Å². The second-order valence-electron chi connectivity index (χ2n) is 5.21. The van der Waals surface area contributed by atoms with Crippen molar-refractivity contribution in [3.8, 4) is 0 Å². The largest absolute Gasteiger partial charge is 0.319 e. The van der Waals surface area contributed by atoms with Crippen molar-refractivity contribution in [1.29, 1.82) is 0 Å². The van der Waals surface area contributed by atoms with Crippen molar-refractivity contribution < 1.29 is 0 Å². The molecule has 1 aliphatic rings. The maximum atomic E-state index is 4.31. The van der Waals surface area contributed by atoms with Crippen LogP contribution < -0.4 is 5.32 Å². The summed E-state index contributed by atoms with van der Waals surface area (Å²) >= 11 is 0. The molecule has 1 fully saturated rings. The van der Waals surface area contributed by atoms with E-state index in [0.29, 0.717) is 0 Å². The fourth-order valence-electron chi connectivity index (χ4n) is 2.90. The number of aryl methyl sites for hydroxylation is 1. The third-order valence-corrected chi connectivity index (χ3v) is 3.79. The van der Waals surface area contributed by atoms with Gasteiger partial charge < -0.3 is 9.88 Å². The summed E-state index contributed by atoms with van der Waals surface area (Å²) in [5.74, 6) is 2.92. The first-order valence-corrected chi connectivity index (χ1v) is 7.00. The molecule has 0 spiro atoms. The monoisotopic (exact) mass is 287 g/mol. The standard InChI is InChI=1S/C13H25N5.ClH/c1-4-18-11(2)15-16-13(18)10-17-7-5-6-12(9-17)8-14-3;/h12,14H,4-10H2,1-3H3;1H. The van der Waals surface area contributed by atoms with Crippen molar-refractivity contribution in [2.75, 3.05) is 26.7 Å². The third-order valence-electron chi connectivity index (χ3n) is 3.79. The lowest BCUT2D eigenvalue weighted by Gasteiger charge is -2.32. The molecule has 0 bridgehead atoms. The Bertz CT molecular complexity index is 377. The second kappa shape index (κ2) is 7.82. The maximum absolute atomic E-state index is 4.31. The van der Waals surface area contributed by atoms with Gasteiger partial charge in [-0.15, -0.1) is 22.6 Å². The van der Waals surface area contributed by atoms with Crippen LogP contribution in [0.2, 0.25) is 0 Å². The molecule has 1 atom stereocenters. The van der Waals surface area contributed by atoms with Crippen molar-refractivity contribution in [2.45, 2.75) is 39.8 Å². The van der Waals surface area contributed by atoms with Gasteiger partial charge in [-0.2, -0.15) is 0 Å². The molecule has 1 aromatic rings. The molecule has 5 nitrogen and oxygen atoms in total. The minimum absolute atomic E-state index is 0. The lowest BCUT2D eigenvalue weighted by Crippen LogP contribution is -2.39. The summed E-state index contributed by atoms with van der Waals surface area (Å²) in [6.45, 7) is 9.57. The minimum Gasteiger partial charge on any atom is -0.319 e. The molecule has 0 saturated carbocycles. The molecule has 0 aliphatic carbocycles. The van der Waals surface area contributed by atoms with E-state index < -0.39 is 0 Å². The summed E-state index contributed by atoms with van der Waals surface area (Å²) in [5, 5.41) is 11.8. The normalized spacial score (nSPS) is 20.3. The predicted molar refractivity (Wildman–Crippen MR) is 79.6 cm³/mol. The molecule has 0 radical (unpaired) electrons. The van der Waals surface area contributed by atoms with Crippen LogP contribution in [-0.4, -0.2) is 46.3 Å². The van der Waals surface area contributed by atoms with Gasteiger partial charge in [-0.3, -0.25) is 4.90 Å². The van der Waals surface area contributed by atoms with E-state index >= 15 is 0 Å². The average Bonchev–Trinajstić information content (AvgIpc) is 2.71. The maximum Gasteiger partial charge on any atom is 0.147 e. The number of likely N-dealkylation sites (tertiary alicyclic amines) is 1. The average molecular weight is 288 g/mol. The Morgan fingerprint density at radius 2 is 2.16 bits per heavy atom. The molecule has 6 heteroatoms. The van der Waals surface area contributed by atoms with E-state index in [0.717, 1.165) is 37.2 Å². The molecular formula is C13H26ClN5.